The van der Waals surface area contributed by atoms with Crippen LogP contribution in [0, 0.1) is 5.92 Å². The van der Waals surface area contributed by atoms with E-state index in [0.29, 0.717) is 17.0 Å². The molecule has 2 N–H and O–H groups in total. The van der Waals surface area contributed by atoms with Gasteiger partial charge in [-0.25, -0.2) is 0 Å². The van der Waals surface area contributed by atoms with Crippen LogP contribution in [0.2, 0.25) is 0 Å². The number of carbonyl (C=O) groups is 2. The van der Waals surface area contributed by atoms with E-state index in [2.05, 4.69) is 10.6 Å². The molecule has 1 rings (SSSR count). The molecule has 0 aliphatic heterocycles. The van der Waals surface area contributed by atoms with Crippen LogP contribution in [-0.2, 0) is 4.79 Å². The number of hydrogen-bond acceptors (Lipinski definition) is 3. The molecule has 5 heteroatoms. The van der Waals surface area contributed by atoms with Crippen LogP contribution < -0.4 is 15.4 Å². The highest BCUT2D eigenvalue weighted by Crippen LogP contribution is 2.26. The third-order valence-electron chi connectivity index (χ3n) is 2.47. The minimum Gasteiger partial charge on any atom is -0.495 e. The maximum absolute atomic E-state index is 11.6. The second-order valence-electron chi connectivity index (χ2n) is 4.14. The fourth-order valence-corrected chi connectivity index (χ4v) is 1.36. The summed E-state index contributed by atoms with van der Waals surface area (Å²) >= 11 is 0. The van der Waals surface area contributed by atoms with E-state index in [4.69, 9.17) is 4.74 Å². The third-order valence-corrected chi connectivity index (χ3v) is 2.47. The van der Waals surface area contributed by atoms with Gasteiger partial charge in [-0.05, 0) is 18.2 Å². The van der Waals surface area contributed by atoms with E-state index in [-0.39, 0.29) is 17.7 Å². The van der Waals surface area contributed by atoms with Crippen molar-refractivity contribution in [2.75, 3.05) is 19.5 Å². The van der Waals surface area contributed by atoms with E-state index in [9.17, 15) is 9.59 Å². The monoisotopic (exact) mass is 250 g/mol. The number of carbonyl (C=O) groups excluding carboxylic acids is 2. The zero-order valence-electron chi connectivity index (χ0n) is 11.0. The Morgan fingerprint density at radius 3 is 2.44 bits per heavy atom. The lowest BCUT2D eigenvalue weighted by atomic mass is 10.1. The van der Waals surface area contributed by atoms with Crippen molar-refractivity contribution in [3.05, 3.63) is 23.8 Å². The highest BCUT2D eigenvalue weighted by molar-refractivity contribution is 5.97. The zero-order valence-corrected chi connectivity index (χ0v) is 11.0. The standard InChI is InChI=1S/C13H18N2O3/c1-8(2)12(16)15-10-6-5-9(13(17)14-3)7-11(10)18-4/h5-8H,1-4H3,(H,14,17)(H,15,16). The van der Waals surface area contributed by atoms with Gasteiger partial charge in [-0.2, -0.15) is 0 Å². The van der Waals surface area contributed by atoms with Crippen molar-refractivity contribution in [2.24, 2.45) is 5.92 Å². The number of amides is 2. The summed E-state index contributed by atoms with van der Waals surface area (Å²) in [5.41, 5.74) is 1.04. The number of benzene rings is 1. The molecule has 5 nitrogen and oxygen atoms in total. The van der Waals surface area contributed by atoms with Crippen LogP contribution in [0.3, 0.4) is 0 Å². The summed E-state index contributed by atoms with van der Waals surface area (Å²) in [6.45, 7) is 3.61. The molecule has 0 unspecified atom stereocenters. The van der Waals surface area contributed by atoms with Crippen LogP contribution in [0.5, 0.6) is 5.75 Å². The molecule has 1 aromatic carbocycles. The van der Waals surface area contributed by atoms with Gasteiger partial charge >= 0.3 is 0 Å². The molecular formula is C13H18N2O3. The topological polar surface area (TPSA) is 67.4 Å². The van der Waals surface area contributed by atoms with Crippen molar-refractivity contribution in [2.45, 2.75) is 13.8 Å². The maximum Gasteiger partial charge on any atom is 0.251 e. The molecule has 0 saturated heterocycles. The molecule has 1 aromatic rings. The Balaban J connectivity index is 3.00. The van der Waals surface area contributed by atoms with Gasteiger partial charge in [0.25, 0.3) is 5.91 Å². The maximum atomic E-state index is 11.6. The average Bonchev–Trinajstić information content (AvgIpc) is 2.37. The van der Waals surface area contributed by atoms with E-state index in [1.165, 1.54) is 7.11 Å². The molecule has 0 aliphatic rings. The molecule has 0 saturated carbocycles. The zero-order chi connectivity index (χ0) is 13.7. The predicted octanol–water partition coefficient (Wildman–Crippen LogP) is 1.65. The van der Waals surface area contributed by atoms with Gasteiger partial charge in [0.15, 0.2) is 0 Å². The number of rotatable bonds is 4. The molecule has 0 bridgehead atoms. The van der Waals surface area contributed by atoms with E-state index < -0.39 is 0 Å². The summed E-state index contributed by atoms with van der Waals surface area (Å²) < 4.78 is 5.17. The Kier molecular flexibility index (Phi) is 4.71. The summed E-state index contributed by atoms with van der Waals surface area (Å²) in [6.07, 6.45) is 0. The number of hydrogen-bond donors (Lipinski definition) is 2. The van der Waals surface area contributed by atoms with Crippen LogP contribution in [-0.4, -0.2) is 26.0 Å². The van der Waals surface area contributed by atoms with Crippen molar-refractivity contribution in [1.82, 2.24) is 5.32 Å². The highest BCUT2D eigenvalue weighted by atomic mass is 16.5. The van der Waals surface area contributed by atoms with Crippen molar-refractivity contribution >= 4 is 17.5 Å². The third kappa shape index (κ3) is 3.23. The fraction of sp³-hybridized carbons (Fsp3) is 0.385. The molecule has 0 aromatic heterocycles. The van der Waals surface area contributed by atoms with Crippen LogP contribution in [0.25, 0.3) is 0 Å². The fourth-order valence-electron chi connectivity index (χ4n) is 1.36. The lowest BCUT2D eigenvalue weighted by Gasteiger charge is -2.12. The molecule has 0 heterocycles. The number of ether oxygens (including phenoxy) is 1. The van der Waals surface area contributed by atoms with Crippen LogP contribution in [0.15, 0.2) is 18.2 Å². The lowest BCUT2D eigenvalue weighted by Crippen LogP contribution is -2.20. The molecule has 2 amide bonds. The Hall–Kier alpha value is -2.04. The summed E-state index contributed by atoms with van der Waals surface area (Å²) in [6, 6.07) is 4.88. The van der Waals surface area contributed by atoms with Gasteiger partial charge in [0.05, 0.1) is 12.8 Å². The Bertz CT molecular complexity index is 456. The molecule has 0 radical (unpaired) electrons. The van der Waals surface area contributed by atoms with Gasteiger partial charge in [0.2, 0.25) is 5.91 Å². The molecule has 0 atom stereocenters. The smallest absolute Gasteiger partial charge is 0.251 e. The Morgan fingerprint density at radius 2 is 1.94 bits per heavy atom. The molecular weight excluding hydrogens is 232 g/mol. The average molecular weight is 250 g/mol. The van der Waals surface area contributed by atoms with Crippen LogP contribution in [0.1, 0.15) is 24.2 Å². The van der Waals surface area contributed by atoms with Gasteiger partial charge in [0, 0.05) is 18.5 Å². The van der Waals surface area contributed by atoms with Crippen LogP contribution in [0.4, 0.5) is 5.69 Å². The van der Waals surface area contributed by atoms with Gasteiger partial charge in [-0.1, -0.05) is 13.8 Å². The molecule has 0 aliphatic carbocycles. The normalized spacial score (nSPS) is 10.1. The van der Waals surface area contributed by atoms with Crippen molar-refractivity contribution in [1.29, 1.82) is 0 Å². The summed E-state index contributed by atoms with van der Waals surface area (Å²) in [4.78, 5) is 23.1. The number of methoxy groups -OCH3 is 1. The van der Waals surface area contributed by atoms with Crippen molar-refractivity contribution in [3.63, 3.8) is 0 Å². The molecule has 0 spiro atoms. The molecule has 98 valence electrons. The lowest BCUT2D eigenvalue weighted by molar-refractivity contribution is -0.118. The number of anilines is 1. The van der Waals surface area contributed by atoms with Crippen molar-refractivity contribution < 1.29 is 14.3 Å². The summed E-state index contributed by atoms with van der Waals surface area (Å²) in [5, 5.41) is 5.28. The van der Waals surface area contributed by atoms with Gasteiger partial charge < -0.3 is 15.4 Å². The SMILES string of the molecule is CNC(=O)c1ccc(NC(=O)C(C)C)c(OC)c1. The molecule has 18 heavy (non-hydrogen) atoms. The van der Waals surface area contributed by atoms with Gasteiger partial charge in [0.1, 0.15) is 5.75 Å². The first-order valence-corrected chi connectivity index (χ1v) is 5.70. The first kappa shape index (κ1) is 14.0. The van der Waals surface area contributed by atoms with Crippen molar-refractivity contribution in [3.8, 4) is 5.75 Å². The van der Waals surface area contributed by atoms with Gasteiger partial charge in [-0.15, -0.1) is 0 Å². The quantitative estimate of drug-likeness (QED) is 0.853. The second-order valence-corrected chi connectivity index (χ2v) is 4.14. The van der Waals surface area contributed by atoms with E-state index in [1.54, 1.807) is 39.1 Å². The second kappa shape index (κ2) is 6.05. The summed E-state index contributed by atoms with van der Waals surface area (Å²) in [5.74, 6) is 0.0504. The predicted molar refractivity (Wildman–Crippen MR) is 69.9 cm³/mol. The highest BCUT2D eigenvalue weighted by Gasteiger charge is 2.13. The first-order valence-electron chi connectivity index (χ1n) is 5.70. The number of nitrogens with one attached hydrogen (secondary N) is 2. The Morgan fingerprint density at radius 1 is 1.28 bits per heavy atom. The largest absolute Gasteiger partial charge is 0.495 e. The van der Waals surface area contributed by atoms with E-state index in [0.717, 1.165) is 0 Å². The minimum atomic E-state index is -0.199. The van der Waals surface area contributed by atoms with Gasteiger partial charge in [-0.3, -0.25) is 9.59 Å². The first-order chi connectivity index (χ1) is 8.49. The minimum absolute atomic E-state index is 0.0963. The summed E-state index contributed by atoms with van der Waals surface area (Å²) in [7, 11) is 3.05. The van der Waals surface area contributed by atoms with Crippen LogP contribution >= 0.6 is 0 Å². The Labute approximate surface area is 107 Å². The van der Waals surface area contributed by atoms with E-state index >= 15 is 0 Å². The van der Waals surface area contributed by atoms with E-state index in [1.807, 2.05) is 0 Å². The molecule has 0 fully saturated rings.